The summed E-state index contributed by atoms with van der Waals surface area (Å²) in [6.07, 6.45) is 8.53. The van der Waals surface area contributed by atoms with E-state index in [1.807, 2.05) is 0 Å². The molecule has 0 amide bonds. The van der Waals surface area contributed by atoms with Gasteiger partial charge in [0.05, 0.1) is 0 Å². The highest BCUT2D eigenvalue weighted by molar-refractivity contribution is 4.77. The van der Waals surface area contributed by atoms with E-state index in [9.17, 15) is 0 Å². The summed E-state index contributed by atoms with van der Waals surface area (Å²) in [5.74, 6) is 1.01. The van der Waals surface area contributed by atoms with Crippen LogP contribution in [-0.2, 0) is 0 Å². The first-order chi connectivity index (χ1) is 6.84. The Morgan fingerprint density at radius 3 is 2.64 bits per heavy atom. The molecule has 1 atom stereocenters. The van der Waals surface area contributed by atoms with Crippen LogP contribution in [0.5, 0.6) is 0 Å². The van der Waals surface area contributed by atoms with Gasteiger partial charge in [0, 0.05) is 6.04 Å². The van der Waals surface area contributed by atoms with E-state index in [1.165, 1.54) is 58.2 Å². The fourth-order valence-corrected chi connectivity index (χ4v) is 2.47. The van der Waals surface area contributed by atoms with Gasteiger partial charge in [0.2, 0.25) is 0 Å². The monoisotopic (exact) mass is 196 g/mol. The van der Waals surface area contributed by atoms with E-state index >= 15 is 0 Å². The molecule has 0 radical (unpaired) electrons. The quantitative estimate of drug-likeness (QED) is 0.741. The lowest BCUT2D eigenvalue weighted by atomic mass is 9.85. The maximum absolute atomic E-state index is 3.76. The third-order valence-corrected chi connectivity index (χ3v) is 3.87. The van der Waals surface area contributed by atoms with Crippen molar-refractivity contribution in [2.24, 2.45) is 5.92 Å². The van der Waals surface area contributed by atoms with Crippen molar-refractivity contribution in [3.63, 3.8) is 0 Å². The van der Waals surface area contributed by atoms with Crippen molar-refractivity contribution in [3.05, 3.63) is 0 Å². The molecule has 1 N–H and O–H groups in total. The van der Waals surface area contributed by atoms with Crippen LogP contribution >= 0.6 is 0 Å². The van der Waals surface area contributed by atoms with Crippen molar-refractivity contribution in [2.45, 2.75) is 44.6 Å². The van der Waals surface area contributed by atoms with Crippen LogP contribution in [0.15, 0.2) is 0 Å². The lowest BCUT2D eigenvalue weighted by Crippen LogP contribution is -2.36. The van der Waals surface area contributed by atoms with Crippen LogP contribution in [-0.4, -0.2) is 37.6 Å². The summed E-state index contributed by atoms with van der Waals surface area (Å²) in [6.45, 7) is 3.86. The Labute approximate surface area is 88.1 Å². The summed E-state index contributed by atoms with van der Waals surface area (Å²) < 4.78 is 0. The highest BCUT2D eigenvalue weighted by atomic mass is 15.1. The molecule has 0 aromatic rings. The maximum Gasteiger partial charge on any atom is 0.00798 e. The zero-order valence-corrected chi connectivity index (χ0v) is 9.47. The van der Waals surface area contributed by atoms with Crippen LogP contribution in [0, 0.1) is 5.92 Å². The van der Waals surface area contributed by atoms with Gasteiger partial charge in [-0.05, 0) is 64.7 Å². The van der Waals surface area contributed by atoms with Crippen molar-refractivity contribution in [1.29, 1.82) is 0 Å². The van der Waals surface area contributed by atoms with E-state index in [0.717, 1.165) is 12.0 Å². The molecule has 1 saturated heterocycles. The second kappa shape index (κ2) is 5.13. The second-order valence-corrected chi connectivity index (χ2v) is 5.14. The molecule has 2 rings (SSSR count). The number of hydrogen-bond acceptors (Lipinski definition) is 2. The second-order valence-electron chi connectivity index (χ2n) is 5.14. The van der Waals surface area contributed by atoms with Crippen molar-refractivity contribution >= 4 is 0 Å². The number of hydrogen-bond donors (Lipinski definition) is 1. The van der Waals surface area contributed by atoms with Gasteiger partial charge in [0.15, 0.2) is 0 Å². The highest BCUT2D eigenvalue weighted by Gasteiger charge is 2.19. The SMILES string of the molecule is CN1CCCC(NCC2CCC2)CC1. The standard InChI is InChI=1S/C12H24N2/c1-14-8-3-6-12(7-9-14)13-10-11-4-2-5-11/h11-13H,2-10H2,1H3. The minimum atomic E-state index is 0.806. The van der Waals surface area contributed by atoms with E-state index in [2.05, 4.69) is 17.3 Å². The summed E-state index contributed by atoms with van der Waals surface area (Å²) in [5.41, 5.74) is 0. The first-order valence-electron chi connectivity index (χ1n) is 6.26. The zero-order chi connectivity index (χ0) is 9.80. The third-order valence-electron chi connectivity index (χ3n) is 3.87. The molecule has 0 aromatic carbocycles. The van der Waals surface area contributed by atoms with Crippen LogP contribution in [0.1, 0.15) is 38.5 Å². The predicted octanol–water partition coefficient (Wildman–Crippen LogP) is 1.86. The highest BCUT2D eigenvalue weighted by Crippen LogP contribution is 2.25. The molecular weight excluding hydrogens is 172 g/mol. The van der Waals surface area contributed by atoms with Gasteiger partial charge in [-0.1, -0.05) is 6.42 Å². The maximum atomic E-state index is 3.76. The number of rotatable bonds is 3. The van der Waals surface area contributed by atoms with Gasteiger partial charge in [0.25, 0.3) is 0 Å². The van der Waals surface area contributed by atoms with Crippen LogP contribution < -0.4 is 5.32 Å². The summed E-state index contributed by atoms with van der Waals surface area (Å²) in [5, 5.41) is 3.76. The van der Waals surface area contributed by atoms with E-state index in [-0.39, 0.29) is 0 Å². The minimum absolute atomic E-state index is 0.806. The molecule has 1 unspecified atom stereocenters. The van der Waals surface area contributed by atoms with E-state index in [0.29, 0.717) is 0 Å². The summed E-state index contributed by atoms with van der Waals surface area (Å²) in [4.78, 5) is 2.46. The summed E-state index contributed by atoms with van der Waals surface area (Å²) in [6, 6.07) is 0.806. The topological polar surface area (TPSA) is 15.3 Å². The Balaban J connectivity index is 1.63. The first kappa shape index (κ1) is 10.4. The molecule has 82 valence electrons. The van der Waals surface area contributed by atoms with E-state index in [4.69, 9.17) is 0 Å². The first-order valence-corrected chi connectivity index (χ1v) is 6.26. The van der Waals surface area contributed by atoms with Crippen LogP contribution in [0.3, 0.4) is 0 Å². The Bertz CT molecular complexity index is 166. The Hall–Kier alpha value is -0.0800. The Morgan fingerprint density at radius 2 is 1.93 bits per heavy atom. The van der Waals surface area contributed by atoms with E-state index < -0.39 is 0 Å². The molecule has 2 fully saturated rings. The van der Waals surface area contributed by atoms with Crippen LogP contribution in [0.25, 0.3) is 0 Å². The van der Waals surface area contributed by atoms with Crippen molar-refractivity contribution in [3.8, 4) is 0 Å². The van der Waals surface area contributed by atoms with Gasteiger partial charge in [-0.25, -0.2) is 0 Å². The third kappa shape index (κ3) is 2.96. The molecule has 2 heteroatoms. The van der Waals surface area contributed by atoms with Gasteiger partial charge < -0.3 is 10.2 Å². The van der Waals surface area contributed by atoms with Gasteiger partial charge in [-0.2, -0.15) is 0 Å². The molecule has 14 heavy (non-hydrogen) atoms. The lowest BCUT2D eigenvalue weighted by Gasteiger charge is -2.28. The van der Waals surface area contributed by atoms with Gasteiger partial charge in [-0.15, -0.1) is 0 Å². The predicted molar refractivity (Wildman–Crippen MR) is 60.5 cm³/mol. The van der Waals surface area contributed by atoms with Crippen molar-refractivity contribution < 1.29 is 0 Å². The van der Waals surface area contributed by atoms with E-state index in [1.54, 1.807) is 0 Å². The molecule has 1 saturated carbocycles. The molecule has 2 nitrogen and oxygen atoms in total. The molecule has 1 heterocycles. The van der Waals surface area contributed by atoms with Gasteiger partial charge in [-0.3, -0.25) is 0 Å². The molecule has 2 aliphatic rings. The van der Waals surface area contributed by atoms with Crippen molar-refractivity contribution in [1.82, 2.24) is 10.2 Å². The largest absolute Gasteiger partial charge is 0.314 e. The Kier molecular flexibility index (Phi) is 3.82. The van der Waals surface area contributed by atoms with Crippen LogP contribution in [0.2, 0.25) is 0 Å². The molecular formula is C12H24N2. The number of nitrogens with one attached hydrogen (secondary N) is 1. The van der Waals surface area contributed by atoms with Crippen molar-refractivity contribution in [2.75, 3.05) is 26.7 Å². The molecule has 0 aromatic heterocycles. The minimum Gasteiger partial charge on any atom is -0.314 e. The summed E-state index contributed by atoms with van der Waals surface area (Å²) in [7, 11) is 2.24. The van der Waals surface area contributed by atoms with Gasteiger partial charge in [0.1, 0.15) is 0 Å². The average molecular weight is 196 g/mol. The lowest BCUT2D eigenvalue weighted by molar-refractivity contribution is 0.281. The Morgan fingerprint density at radius 1 is 1.07 bits per heavy atom. The smallest absolute Gasteiger partial charge is 0.00798 e. The van der Waals surface area contributed by atoms with Gasteiger partial charge >= 0.3 is 0 Å². The summed E-state index contributed by atoms with van der Waals surface area (Å²) >= 11 is 0. The number of nitrogens with zero attached hydrogens (tertiary/aromatic N) is 1. The fourth-order valence-electron chi connectivity index (χ4n) is 2.47. The molecule has 1 aliphatic heterocycles. The fraction of sp³-hybridized carbons (Fsp3) is 1.00. The number of likely N-dealkylation sites (tertiary alicyclic amines) is 1. The average Bonchev–Trinajstić information content (AvgIpc) is 2.28. The normalized spacial score (nSPS) is 31.1. The van der Waals surface area contributed by atoms with Crippen LogP contribution in [0.4, 0.5) is 0 Å². The molecule has 0 spiro atoms. The zero-order valence-electron chi connectivity index (χ0n) is 9.47. The molecule has 1 aliphatic carbocycles. The molecule has 0 bridgehead atoms.